The number of carbonyl (C=O) groups excluding carboxylic acids is 2. The number of ether oxygens (including phenoxy) is 1. The third kappa shape index (κ3) is 5.46. The lowest BCUT2D eigenvalue weighted by molar-refractivity contribution is -0.120. The van der Waals surface area contributed by atoms with Gasteiger partial charge in [0.1, 0.15) is 5.60 Å². The van der Waals surface area contributed by atoms with Crippen molar-refractivity contribution in [2.45, 2.75) is 52.2 Å². The van der Waals surface area contributed by atoms with Crippen LogP contribution < -0.4 is 0 Å². The van der Waals surface area contributed by atoms with Gasteiger partial charge in [-0.25, -0.2) is 9.59 Å². The van der Waals surface area contributed by atoms with E-state index in [0.29, 0.717) is 31.6 Å². The van der Waals surface area contributed by atoms with E-state index in [1.165, 1.54) is 0 Å². The van der Waals surface area contributed by atoms with Crippen molar-refractivity contribution in [3.63, 3.8) is 0 Å². The molecule has 0 radical (unpaired) electrons. The van der Waals surface area contributed by atoms with E-state index in [1.807, 2.05) is 40.7 Å². The van der Waals surface area contributed by atoms with Gasteiger partial charge in [0, 0.05) is 13.1 Å². The molecule has 1 fully saturated rings. The van der Waals surface area contributed by atoms with Crippen LogP contribution in [0.25, 0.3) is 0 Å². The fraction of sp³-hybridized carbons (Fsp3) is 0.579. The molecular formula is C19H28N2O4. The van der Waals surface area contributed by atoms with Crippen LogP contribution in [0.4, 0.5) is 4.79 Å². The predicted molar refractivity (Wildman–Crippen MR) is 95.1 cm³/mol. The Kier molecular flexibility index (Phi) is 5.72. The summed E-state index contributed by atoms with van der Waals surface area (Å²) in [5.74, 6) is -0.387. The molecule has 1 aliphatic rings. The molecule has 0 spiro atoms. The van der Waals surface area contributed by atoms with Gasteiger partial charge in [-0.05, 0) is 53.2 Å². The molecule has 0 saturated carbocycles. The Balaban J connectivity index is 2.04. The highest BCUT2D eigenvalue weighted by Crippen LogP contribution is 2.24. The molecule has 0 unspecified atom stereocenters. The van der Waals surface area contributed by atoms with Gasteiger partial charge >= 0.3 is 12.1 Å². The summed E-state index contributed by atoms with van der Waals surface area (Å²) >= 11 is 0. The van der Waals surface area contributed by atoms with E-state index in [-0.39, 0.29) is 12.1 Å². The van der Waals surface area contributed by atoms with E-state index in [4.69, 9.17) is 9.57 Å². The molecule has 1 saturated heterocycles. The smallest absolute Gasteiger partial charge is 0.410 e. The molecule has 1 amide bonds. The van der Waals surface area contributed by atoms with Crippen molar-refractivity contribution in [2.75, 3.05) is 19.6 Å². The van der Waals surface area contributed by atoms with Crippen LogP contribution in [-0.4, -0.2) is 52.8 Å². The molecule has 0 aliphatic carbocycles. The fourth-order valence-corrected chi connectivity index (χ4v) is 2.78. The normalized spacial score (nSPS) is 18.4. The standard InChI is InChI=1S/C19H28N2O4/c1-18(2,3)24-17(23)21-13-9-12-20(14-19(21,4)5)25-16(22)15-10-7-6-8-11-15/h6-8,10-11H,9,12-14H2,1-5H3. The average molecular weight is 348 g/mol. The molecule has 6 heteroatoms. The van der Waals surface area contributed by atoms with Gasteiger partial charge in [0.25, 0.3) is 0 Å². The van der Waals surface area contributed by atoms with Gasteiger partial charge in [0.15, 0.2) is 0 Å². The molecule has 0 bridgehead atoms. The van der Waals surface area contributed by atoms with Crippen molar-refractivity contribution >= 4 is 12.1 Å². The first kappa shape index (κ1) is 19.2. The van der Waals surface area contributed by atoms with Gasteiger partial charge in [-0.15, -0.1) is 5.06 Å². The van der Waals surface area contributed by atoms with Gasteiger partial charge in [0.2, 0.25) is 0 Å². The van der Waals surface area contributed by atoms with Gasteiger partial charge in [0.05, 0.1) is 17.6 Å². The molecule has 0 N–H and O–H groups in total. The molecular weight excluding hydrogens is 320 g/mol. The van der Waals surface area contributed by atoms with Crippen molar-refractivity contribution in [1.29, 1.82) is 0 Å². The van der Waals surface area contributed by atoms with Gasteiger partial charge < -0.3 is 14.5 Å². The second-order valence-corrected chi connectivity index (χ2v) is 7.91. The predicted octanol–water partition coefficient (Wildman–Crippen LogP) is 3.48. The number of amides is 1. The molecule has 0 atom stereocenters. The van der Waals surface area contributed by atoms with Crippen LogP contribution in [0.2, 0.25) is 0 Å². The van der Waals surface area contributed by atoms with E-state index >= 15 is 0 Å². The maximum Gasteiger partial charge on any atom is 0.410 e. The monoisotopic (exact) mass is 348 g/mol. The summed E-state index contributed by atoms with van der Waals surface area (Å²) in [7, 11) is 0. The molecule has 1 heterocycles. The Labute approximate surface area is 149 Å². The number of rotatable bonds is 2. The number of hydroxylamine groups is 2. The summed E-state index contributed by atoms with van der Waals surface area (Å²) in [6, 6.07) is 8.89. The molecule has 0 aromatic heterocycles. The molecule has 138 valence electrons. The van der Waals surface area contributed by atoms with E-state index < -0.39 is 11.1 Å². The Morgan fingerprint density at radius 2 is 1.72 bits per heavy atom. The summed E-state index contributed by atoms with van der Waals surface area (Å²) < 4.78 is 5.51. The minimum absolute atomic E-state index is 0.339. The molecule has 1 aromatic rings. The van der Waals surface area contributed by atoms with E-state index in [9.17, 15) is 9.59 Å². The van der Waals surface area contributed by atoms with Crippen molar-refractivity contribution in [3.05, 3.63) is 35.9 Å². The van der Waals surface area contributed by atoms with Crippen LogP contribution in [-0.2, 0) is 9.57 Å². The zero-order valence-electron chi connectivity index (χ0n) is 15.7. The summed E-state index contributed by atoms with van der Waals surface area (Å²) in [5.41, 5.74) is -0.553. The second kappa shape index (κ2) is 7.44. The van der Waals surface area contributed by atoms with Crippen LogP contribution in [0.15, 0.2) is 30.3 Å². The lowest BCUT2D eigenvalue weighted by Gasteiger charge is -2.38. The van der Waals surface area contributed by atoms with Crippen molar-refractivity contribution in [2.24, 2.45) is 0 Å². The maximum absolute atomic E-state index is 12.5. The minimum Gasteiger partial charge on any atom is -0.444 e. The van der Waals surface area contributed by atoms with Crippen molar-refractivity contribution in [3.8, 4) is 0 Å². The molecule has 6 nitrogen and oxygen atoms in total. The molecule has 1 aromatic carbocycles. The first-order valence-corrected chi connectivity index (χ1v) is 8.61. The van der Waals surface area contributed by atoms with E-state index in [2.05, 4.69) is 0 Å². The Bertz CT molecular complexity index is 608. The zero-order valence-corrected chi connectivity index (χ0v) is 15.7. The largest absolute Gasteiger partial charge is 0.444 e. The highest BCUT2D eigenvalue weighted by Gasteiger charge is 2.38. The summed E-state index contributed by atoms with van der Waals surface area (Å²) in [6.07, 6.45) is 0.360. The Morgan fingerprint density at radius 1 is 1.08 bits per heavy atom. The first-order valence-electron chi connectivity index (χ1n) is 8.61. The quantitative estimate of drug-likeness (QED) is 0.819. The molecule has 25 heavy (non-hydrogen) atoms. The van der Waals surface area contributed by atoms with E-state index in [0.717, 1.165) is 0 Å². The van der Waals surface area contributed by atoms with Crippen molar-refractivity contribution in [1.82, 2.24) is 9.96 Å². The SMILES string of the molecule is CC(C)(C)OC(=O)N1CCCN(OC(=O)c2ccccc2)CC1(C)C. The lowest BCUT2D eigenvalue weighted by atomic mass is 10.0. The van der Waals surface area contributed by atoms with Crippen LogP contribution in [0.5, 0.6) is 0 Å². The van der Waals surface area contributed by atoms with Crippen LogP contribution >= 0.6 is 0 Å². The maximum atomic E-state index is 12.5. The van der Waals surface area contributed by atoms with Crippen LogP contribution in [0, 0.1) is 0 Å². The average Bonchev–Trinajstić information content (AvgIpc) is 2.64. The fourth-order valence-electron chi connectivity index (χ4n) is 2.78. The second-order valence-electron chi connectivity index (χ2n) is 7.91. The Morgan fingerprint density at radius 3 is 2.32 bits per heavy atom. The first-order chi connectivity index (χ1) is 11.6. The zero-order chi connectivity index (χ0) is 18.7. The van der Waals surface area contributed by atoms with Gasteiger partial charge in [-0.1, -0.05) is 18.2 Å². The number of benzene rings is 1. The van der Waals surface area contributed by atoms with Crippen LogP contribution in [0.3, 0.4) is 0 Å². The third-order valence-electron chi connectivity index (χ3n) is 3.92. The van der Waals surface area contributed by atoms with Gasteiger partial charge in [-0.2, -0.15) is 0 Å². The molecule has 1 aliphatic heterocycles. The number of carbonyl (C=O) groups is 2. The summed E-state index contributed by atoms with van der Waals surface area (Å²) in [5, 5.41) is 1.64. The van der Waals surface area contributed by atoms with Gasteiger partial charge in [-0.3, -0.25) is 0 Å². The number of hydrogen-bond acceptors (Lipinski definition) is 5. The molecule has 2 rings (SSSR count). The van der Waals surface area contributed by atoms with E-state index in [1.54, 1.807) is 34.2 Å². The summed E-state index contributed by atoms with van der Waals surface area (Å²) in [4.78, 5) is 32.0. The number of hydrogen-bond donors (Lipinski definition) is 0. The summed E-state index contributed by atoms with van der Waals surface area (Å²) in [6.45, 7) is 11.0. The third-order valence-corrected chi connectivity index (χ3v) is 3.92. The minimum atomic E-state index is -0.543. The highest BCUT2D eigenvalue weighted by atomic mass is 16.7. The van der Waals surface area contributed by atoms with Crippen molar-refractivity contribution < 1.29 is 19.2 Å². The van der Waals surface area contributed by atoms with Crippen LogP contribution in [0.1, 0.15) is 51.4 Å². The number of nitrogens with zero attached hydrogens (tertiary/aromatic N) is 2. The lowest BCUT2D eigenvalue weighted by Crippen LogP contribution is -2.53. The topological polar surface area (TPSA) is 59.1 Å². The highest BCUT2D eigenvalue weighted by molar-refractivity contribution is 5.89. The Hall–Kier alpha value is -2.08.